The summed E-state index contributed by atoms with van der Waals surface area (Å²) in [5, 5.41) is 10.6. The highest BCUT2D eigenvalue weighted by Crippen LogP contribution is 2.31. The van der Waals surface area contributed by atoms with E-state index in [1.54, 1.807) is 12.1 Å². The lowest BCUT2D eigenvalue weighted by atomic mass is 10.1. The SMILES string of the molecule is C=CCO[C@H]1[C@H](O)[C@@H](COS(=O)(=O)c2ccc(C)cc2)O[C@H]1n1ccc(=O)[nH]c1=O. The third-order valence-electron chi connectivity index (χ3n) is 4.54. The van der Waals surface area contributed by atoms with Gasteiger partial charge < -0.3 is 14.6 Å². The van der Waals surface area contributed by atoms with Gasteiger partial charge >= 0.3 is 5.69 Å². The number of aliphatic hydroxyl groups excluding tert-OH is 1. The molecular formula is C19H22N2O8S. The predicted molar refractivity (Wildman–Crippen MR) is 105 cm³/mol. The second-order valence-electron chi connectivity index (χ2n) is 6.71. The van der Waals surface area contributed by atoms with Crippen LogP contribution in [0.25, 0.3) is 0 Å². The first-order chi connectivity index (χ1) is 14.2. The van der Waals surface area contributed by atoms with Crippen molar-refractivity contribution in [1.29, 1.82) is 0 Å². The molecule has 4 atom stereocenters. The normalized spacial score (nSPS) is 24.1. The van der Waals surface area contributed by atoms with E-state index in [1.165, 1.54) is 24.4 Å². The van der Waals surface area contributed by atoms with Gasteiger partial charge in [0.2, 0.25) is 0 Å². The highest BCUT2D eigenvalue weighted by molar-refractivity contribution is 7.86. The lowest BCUT2D eigenvalue weighted by Gasteiger charge is -2.21. The van der Waals surface area contributed by atoms with Crippen molar-refractivity contribution >= 4 is 10.1 Å². The van der Waals surface area contributed by atoms with Crippen LogP contribution in [0.15, 0.2) is 63.7 Å². The van der Waals surface area contributed by atoms with Gasteiger partial charge in [-0.1, -0.05) is 23.8 Å². The minimum absolute atomic E-state index is 0.0338. The van der Waals surface area contributed by atoms with Crippen LogP contribution in [-0.4, -0.2) is 54.6 Å². The summed E-state index contributed by atoms with van der Waals surface area (Å²) in [5.74, 6) is 0. The molecule has 1 aliphatic heterocycles. The van der Waals surface area contributed by atoms with Crippen LogP contribution in [0.4, 0.5) is 0 Å². The lowest BCUT2D eigenvalue weighted by Crippen LogP contribution is -2.39. The van der Waals surface area contributed by atoms with Gasteiger partial charge in [-0.2, -0.15) is 8.42 Å². The standard InChI is InChI=1S/C19H22N2O8S/c1-3-10-27-17-16(23)14(29-18(17)21-9-8-15(22)20-19(21)24)11-28-30(25,26)13-6-4-12(2)5-7-13/h3-9,14,16-18,23H,1,10-11H2,2H3,(H,20,22,24)/t14-,16-,17+,18-/m1/s1. The molecule has 0 unspecified atom stereocenters. The number of nitrogens with one attached hydrogen (secondary N) is 1. The smallest absolute Gasteiger partial charge is 0.330 e. The Kier molecular flexibility index (Phi) is 6.68. The molecule has 2 heterocycles. The zero-order valence-electron chi connectivity index (χ0n) is 16.1. The van der Waals surface area contributed by atoms with E-state index >= 15 is 0 Å². The quantitative estimate of drug-likeness (QED) is 0.437. The molecule has 1 aromatic heterocycles. The molecule has 0 bridgehead atoms. The molecule has 30 heavy (non-hydrogen) atoms. The number of ether oxygens (including phenoxy) is 2. The van der Waals surface area contributed by atoms with E-state index in [4.69, 9.17) is 13.7 Å². The number of benzene rings is 1. The number of rotatable bonds is 8. The fourth-order valence-electron chi connectivity index (χ4n) is 3.00. The molecule has 0 aliphatic carbocycles. The van der Waals surface area contributed by atoms with E-state index in [-0.39, 0.29) is 11.5 Å². The van der Waals surface area contributed by atoms with Gasteiger partial charge in [-0.15, -0.1) is 6.58 Å². The molecule has 2 aromatic rings. The molecule has 10 nitrogen and oxygen atoms in total. The van der Waals surface area contributed by atoms with Crippen LogP contribution in [0.3, 0.4) is 0 Å². The fraction of sp³-hybridized carbons (Fsp3) is 0.368. The van der Waals surface area contributed by atoms with Crippen molar-refractivity contribution in [2.45, 2.75) is 36.4 Å². The third kappa shape index (κ3) is 4.77. The van der Waals surface area contributed by atoms with E-state index < -0.39 is 52.5 Å². The minimum atomic E-state index is -4.08. The molecule has 2 N–H and O–H groups in total. The molecule has 3 rings (SSSR count). The van der Waals surface area contributed by atoms with Crippen LogP contribution in [0, 0.1) is 6.92 Å². The summed E-state index contributed by atoms with van der Waals surface area (Å²) >= 11 is 0. The van der Waals surface area contributed by atoms with E-state index in [0.717, 1.165) is 16.2 Å². The van der Waals surface area contributed by atoms with E-state index in [9.17, 15) is 23.1 Å². The van der Waals surface area contributed by atoms with Crippen LogP contribution in [0.2, 0.25) is 0 Å². The van der Waals surface area contributed by atoms with Gasteiger partial charge in [-0.25, -0.2) is 4.79 Å². The maximum atomic E-state index is 12.4. The highest BCUT2D eigenvalue weighted by Gasteiger charge is 2.46. The molecule has 1 fully saturated rings. The van der Waals surface area contributed by atoms with Gasteiger partial charge in [-0.05, 0) is 19.1 Å². The summed E-state index contributed by atoms with van der Waals surface area (Å²) in [5.41, 5.74) is -0.469. The Bertz CT molecular complexity index is 1110. The molecular weight excluding hydrogens is 416 g/mol. The largest absolute Gasteiger partial charge is 0.387 e. The molecule has 0 spiro atoms. The number of aryl methyl sites for hydroxylation is 1. The average Bonchev–Trinajstić information content (AvgIpc) is 3.00. The molecule has 1 aromatic carbocycles. The summed E-state index contributed by atoms with van der Waals surface area (Å²) in [7, 11) is -4.08. The number of hydrogen-bond acceptors (Lipinski definition) is 8. The van der Waals surface area contributed by atoms with E-state index in [2.05, 4.69) is 11.6 Å². The average molecular weight is 438 g/mol. The number of aromatic amines is 1. The first-order valence-corrected chi connectivity index (χ1v) is 10.5. The Hall–Kier alpha value is -2.57. The summed E-state index contributed by atoms with van der Waals surface area (Å²) in [6.07, 6.45) is -1.90. The fourth-order valence-corrected chi connectivity index (χ4v) is 3.92. The third-order valence-corrected chi connectivity index (χ3v) is 5.84. The van der Waals surface area contributed by atoms with Gasteiger partial charge in [0.15, 0.2) is 6.23 Å². The van der Waals surface area contributed by atoms with Crippen molar-refractivity contribution in [3.63, 3.8) is 0 Å². The molecule has 0 saturated carbocycles. The lowest BCUT2D eigenvalue weighted by molar-refractivity contribution is -0.0669. The topological polar surface area (TPSA) is 137 Å². The van der Waals surface area contributed by atoms with Crippen molar-refractivity contribution in [2.75, 3.05) is 13.2 Å². The van der Waals surface area contributed by atoms with E-state index in [1.807, 2.05) is 6.92 Å². The second-order valence-corrected chi connectivity index (χ2v) is 8.33. The molecule has 0 amide bonds. The zero-order chi connectivity index (χ0) is 21.9. The Morgan fingerprint density at radius 2 is 1.97 bits per heavy atom. The molecule has 162 valence electrons. The second kappa shape index (κ2) is 9.06. The summed E-state index contributed by atoms with van der Waals surface area (Å²) in [4.78, 5) is 25.5. The monoisotopic (exact) mass is 438 g/mol. The van der Waals surface area contributed by atoms with Crippen LogP contribution >= 0.6 is 0 Å². The molecule has 1 aliphatic rings. The van der Waals surface area contributed by atoms with Gasteiger partial charge in [0.1, 0.15) is 18.3 Å². The molecule has 0 radical (unpaired) electrons. The van der Waals surface area contributed by atoms with Crippen molar-refractivity contribution in [3.05, 3.63) is 75.6 Å². The van der Waals surface area contributed by atoms with Crippen molar-refractivity contribution in [2.24, 2.45) is 0 Å². The van der Waals surface area contributed by atoms with Crippen LogP contribution in [0.5, 0.6) is 0 Å². The first kappa shape index (κ1) is 22.1. The summed E-state index contributed by atoms with van der Waals surface area (Å²) in [6.45, 7) is 4.91. The van der Waals surface area contributed by atoms with Crippen LogP contribution in [-0.2, 0) is 23.8 Å². The number of nitrogens with zero attached hydrogens (tertiary/aromatic N) is 1. The van der Waals surface area contributed by atoms with Crippen LogP contribution in [0.1, 0.15) is 11.8 Å². The number of aliphatic hydroxyl groups is 1. The van der Waals surface area contributed by atoms with Gasteiger partial charge in [-0.3, -0.25) is 18.5 Å². The molecule has 11 heteroatoms. The Morgan fingerprint density at radius 3 is 2.60 bits per heavy atom. The summed E-state index contributed by atoms with van der Waals surface area (Å²) in [6, 6.07) is 7.21. The summed E-state index contributed by atoms with van der Waals surface area (Å²) < 4.78 is 42.1. The molecule has 1 saturated heterocycles. The van der Waals surface area contributed by atoms with Crippen molar-refractivity contribution < 1.29 is 27.2 Å². The first-order valence-electron chi connectivity index (χ1n) is 9.06. The number of H-pyrrole nitrogens is 1. The van der Waals surface area contributed by atoms with E-state index in [0.29, 0.717) is 0 Å². The number of aromatic nitrogens is 2. The predicted octanol–water partition coefficient (Wildman–Crippen LogP) is 0.0800. The maximum Gasteiger partial charge on any atom is 0.330 e. The Morgan fingerprint density at radius 1 is 1.27 bits per heavy atom. The van der Waals surface area contributed by atoms with Gasteiger partial charge in [0.25, 0.3) is 15.7 Å². The Labute approximate surface area is 172 Å². The minimum Gasteiger partial charge on any atom is -0.387 e. The maximum absolute atomic E-state index is 12.4. The number of hydrogen-bond donors (Lipinski definition) is 2. The van der Waals surface area contributed by atoms with Gasteiger partial charge in [0.05, 0.1) is 18.1 Å². The zero-order valence-corrected chi connectivity index (χ0v) is 16.9. The van der Waals surface area contributed by atoms with Crippen molar-refractivity contribution in [1.82, 2.24) is 9.55 Å². The van der Waals surface area contributed by atoms with Crippen LogP contribution < -0.4 is 11.2 Å². The Balaban J connectivity index is 1.80. The highest BCUT2D eigenvalue weighted by atomic mass is 32.2. The van der Waals surface area contributed by atoms with Crippen molar-refractivity contribution in [3.8, 4) is 0 Å². The van der Waals surface area contributed by atoms with Gasteiger partial charge in [0, 0.05) is 12.3 Å².